The Balaban J connectivity index is 0.00000121. The molecule has 17 heavy (non-hydrogen) atoms. The molecule has 0 bridgehead atoms. The van der Waals surface area contributed by atoms with E-state index in [1.54, 1.807) is 6.92 Å². The van der Waals surface area contributed by atoms with Crippen molar-refractivity contribution < 1.29 is 30.0 Å². The largest absolute Gasteiger partial charge is 0.400 e. The minimum absolute atomic E-state index is 0.302. The van der Waals surface area contributed by atoms with E-state index in [4.69, 9.17) is 14.9 Å². The van der Waals surface area contributed by atoms with Crippen LogP contribution in [-0.4, -0.2) is 70.5 Å². The van der Waals surface area contributed by atoms with Gasteiger partial charge < -0.3 is 30.5 Å². The van der Waals surface area contributed by atoms with Crippen molar-refractivity contribution in [2.24, 2.45) is 0 Å². The van der Waals surface area contributed by atoms with Crippen molar-refractivity contribution in [3.05, 3.63) is 0 Å². The zero-order valence-corrected chi connectivity index (χ0v) is 10.2. The first-order chi connectivity index (χ1) is 7.97. The summed E-state index contributed by atoms with van der Waals surface area (Å²) in [5.74, 6) is -0.302. The topological polar surface area (TPSA) is 119 Å². The Morgan fingerprint density at radius 2 is 1.82 bits per heavy atom. The minimum Gasteiger partial charge on any atom is -0.400 e. The summed E-state index contributed by atoms with van der Waals surface area (Å²) in [6.07, 6.45) is -3.58. The van der Waals surface area contributed by atoms with Gasteiger partial charge in [-0.25, -0.2) is 0 Å². The van der Waals surface area contributed by atoms with Gasteiger partial charge in [-0.15, -0.1) is 0 Å². The van der Waals surface area contributed by atoms with Crippen molar-refractivity contribution >= 4 is 5.91 Å². The normalized spacial score (nSPS) is 36.8. The average Bonchev–Trinajstić information content (AvgIpc) is 2.31. The van der Waals surface area contributed by atoms with Gasteiger partial charge >= 0.3 is 0 Å². The van der Waals surface area contributed by atoms with Gasteiger partial charge in [-0.1, -0.05) is 0 Å². The molecule has 1 rings (SSSR count). The SMILES string of the molecule is CC(=O)NC1C(C)OC(CO)C(O)C1O.CO. The first-order valence-electron chi connectivity index (χ1n) is 5.31. The fraction of sp³-hybridized carbons (Fsp3) is 0.900. The standard InChI is InChI=1S/C9H17NO5.CH4O/c1-4-7(10-5(2)12)9(14)8(13)6(3-11)15-4;1-2/h4,6-9,11,13-14H,3H2,1-2H3,(H,10,12);2H,1H3. The van der Waals surface area contributed by atoms with Crippen LogP contribution in [0.4, 0.5) is 0 Å². The molecular formula is C10H21NO6. The number of aliphatic hydroxyl groups excluding tert-OH is 4. The number of ether oxygens (including phenoxy) is 1. The molecule has 0 spiro atoms. The molecule has 5 atom stereocenters. The van der Waals surface area contributed by atoms with E-state index >= 15 is 0 Å². The van der Waals surface area contributed by atoms with Crippen molar-refractivity contribution in [3.8, 4) is 0 Å². The van der Waals surface area contributed by atoms with E-state index in [1.165, 1.54) is 6.92 Å². The van der Waals surface area contributed by atoms with Crippen molar-refractivity contribution in [1.82, 2.24) is 5.32 Å². The maximum Gasteiger partial charge on any atom is 0.217 e. The Labute approximate surface area is 100 Å². The van der Waals surface area contributed by atoms with Crippen molar-refractivity contribution in [3.63, 3.8) is 0 Å². The second-order valence-electron chi connectivity index (χ2n) is 3.77. The van der Waals surface area contributed by atoms with E-state index in [2.05, 4.69) is 5.32 Å². The smallest absolute Gasteiger partial charge is 0.217 e. The van der Waals surface area contributed by atoms with Gasteiger partial charge in [0.2, 0.25) is 5.91 Å². The molecule has 1 aliphatic heterocycles. The Hall–Kier alpha value is -0.730. The van der Waals surface area contributed by atoms with Gasteiger partial charge in [0.1, 0.15) is 18.3 Å². The number of hydrogen-bond donors (Lipinski definition) is 5. The summed E-state index contributed by atoms with van der Waals surface area (Å²) in [4.78, 5) is 10.9. The molecule has 1 saturated heterocycles. The first-order valence-corrected chi connectivity index (χ1v) is 5.31. The quantitative estimate of drug-likeness (QED) is 0.373. The highest BCUT2D eigenvalue weighted by Gasteiger charge is 2.42. The van der Waals surface area contributed by atoms with E-state index in [1.807, 2.05) is 0 Å². The van der Waals surface area contributed by atoms with Crippen LogP contribution < -0.4 is 5.32 Å². The highest BCUT2D eigenvalue weighted by atomic mass is 16.5. The van der Waals surface area contributed by atoms with Crippen LogP contribution >= 0.6 is 0 Å². The molecule has 0 radical (unpaired) electrons. The Morgan fingerprint density at radius 3 is 2.24 bits per heavy atom. The maximum absolute atomic E-state index is 10.9. The van der Waals surface area contributed by atoms with Crippen LogP contribution in [0.25, 0.3) is 0 Å². The van der Waals surface area contributed by atoms with Crippen LogP contribution in [0.2, 0.25) is 0 Å². The second kappa shape index (κ2) is 7.57. The Kier molecular flexibility index (Phi) is 7.24. The average molecular weight is 251 g/mol. The molecule has 7 heteroatoms. The van der Waals surface area contributed by atoms with Crippen molar-refractivity contribution in [2.75, 3.05) is 13.7 Å². The zero-order valence-electron chi connectivity index (χ0n) is 10.2. The molecule has 0 aromatic heterocycles. The minimum atomic E-state index is -1.19. The molecule has 1 heterocycles. The van der Waals surface area contributed by atoms with Gasteiger partial charge in [0.25, 0.3) is 0 Å². The summed E-state index contributed by atoms with van der Waals surface area (Å²) in [7, 11) is 1.00. The molecule has 0 saturated carbocycles. The third-order valence-electron chi connectivity index (χ3n) is 2.54. The molecule has 1 amide bonds. The van der Waals surface area contributed by atoms with E-state index in [9.17, 15) is 15.0 Å². The molecule has 0 aromatic carbocycles. The van der Waals surface area contributed by atoms with Crippen molar-refractivity contribution in [1.29, 1.82) is 0 Å². The molecule has 1 fully saturated rings. The Bertz CT molecular complexity index is 237. The van der Waals surface area contributed by atoms with Gasteiger partial charge in [-0.3, -0.25) is 4.79 Å². The summed E-state index contributed by atoms with van der Waals surface area (Å²) in [5.41, 5.74) is 0. The summed E-state index contributed by atoms with van der Waals surface area (Å²) in [6.45, 7) is 2.62. The molecule has 1 aliphatic rings. The predicted molar refractivity (Wildman–Crippen MR) is 59.2 cm³/mol. The van der Waals surface area contributed by atoms with E-state index in [-0.39, 0.29) is 12.5 Å². The first kappa shape index (κ1) is 16.3. The van der Waals surface area contributed by atoms with Crippen LogP contribution in [0.5, 0.6) is 0 Å². The molecular weight excluding hydrogens is 230 g/mol. The van der Waals surface area contributed by atoms with Gasteiger partial charge in [0.15, 0.2) is 0 Å². The lowest BCUT2D eigenvalue weighted by Gasteiger charge is -2.41. The lowest BCUT2D eigenvalue weighted by molar-refractivity contribution is -0.190. The van der Waals surface area contributed by atoms with Crippen LogP contribution in [-0.2, 0) is 9.53 Å². The lowest BCUT2D eigenvalue weighted by Crippen LogP contribution is -2.63. The molecule has 0 aliphatic carbocycles. The second-order valence-corrected chi connectivity index (χ2v) is 3.77. The maximum atomic E-state index is 10.9. The third-order valence-corrected chi connectivity index (χ3v) is 2.54. The summed E-state index contributed by atoms with van der Waals surface area (Å²) < 4.78 is 5.26. The monoisotopic (exact) mass is 251 g/mol. The van der Waals surface area contributed by atoms with Crippen LogP contribution in [0, 0.1) is 0 Å². The number of carbonyl (C=O) groups is 1. The lowest BCUT2D eigenvalue weighted by atomic mass is 9.93. The van der Waals surface area contributed by atoms with Gasteiger partial charge in [0, 0.05) is 14.0 Å². The number of aliphatic hydroxyl groups is 4. The molecule has 5 unspecified atom stereocenters. The third kappa shape index (κ3) is 4.21. The van der Waals surface area contributed by atoms with Crippen molar-refractivity contribution in [2.45, 2.75) is 44.3 Å². The van der Waals surface area contributed by atoms with Crippen LogP contribution in [0.15, 0.2) is 0 Å². The molecule has 102 valence electrons. The fourth-order valence-electron chi connectivity index (χ4n) is 1.74. The fourth-order valence-corrected chi connectivity index (χ4v) is 1.74. The molecule has 0 aromatic rings. The number of nitrogens with one attached hydrogen (secondary N) is 1. The van der Waals surface area contributed by atoms with Gasteiger partial charge in [0.05, 0.1) is 18.8 Å². The number of amides is 1. The van der Waals surface area contributed by atoms with Gasteiger partial charge in [-0.05, 0) is 6.92 Å². The summed E-state index contributed by atoms with van der Waals surface area (Å²) in [5, 5.41) is 37.6. The molecule has 7 nitrogen and oxygen atoms in total. The summed E-state index contributed by atoms with van der Waals surface area (Å²) >= 11 is 0. The molecule has 5 N–H and O–H groups in total. The Morgan fingerprint density at radius 1 is 1.29 bits per heavy atom. The zero-order chi connectivity index (χ0) is 13.6. The number of rotatable bonds is 2. The van der Waals surface area contributed by atoms with Crippen LogP contribution in [0.3, 0.4) is 0 Å². The summed E-state index contributed by atoms with van der Waals surface area (Å²) in [6, 6.07) is -0.653. The highest BCUT2D eigenvalue weighted by molar-refractivity contribution is 5.73. The number of carbonyl (C=O) groups excluding carboxylic acids is 1. The number of hydrogen-bond acceptors (Lipinski definition) is 6. The van der Waals surface area contributed by atoms with E-state index < -0.39 is 30.5 Å². The van der Waals surface area contributed by atoms with Gasteiger partial charge in [-0.2, -0.15) is 0 Å². The van der Waals surface area contributed by atoms with E-state index in [0.29, 0.717) is 0 Å². The van der Waals surface area contributed by atoms with Crippen LogP contribution in [0.1, 0.15) is 13.8 Å². The predicted octanol–water partition coefficient (Wildman–Crippen LogP) is -2.40. The highest BCUT2D eigenvalue weighted by Crippen LogP contribution is 2.20. The van der Waals surface area contributed by atoms with E-state index in [0.717, 1.165) is 7.11 Å².